The molecule has 1 aromatic carbocycles. The van der Waals surface area contributed by atoms with Crippen LogP contribution in [0.15, 0.2) is 12.1 Å². The van der Waals surface area contributed by atoms with Crippen LogP contribution in [0.5, 0.6) is 5.75 Å². The van der Waals surface area contributed by atoms with E-state index in [-0.39, 0.29) is 13.0 Å². The fraction of sp³-hybridized carbons (Fsp3) is 0.385. The molecule has 0 unspecified atom stereocenters. The van der Waals surface area contributed by atoms with Crippen LogP contribution in [0.4, 0.5) is 0 Å². The van der Waals surface area contributed by atoms with Crippen LogP contribution in [-0.4, -0.2) is 24.8 Å². The topological polar surface area (TPSA) is 79.5 Å². The van der Waals surface area contributed by atoms with Gasteiger partial charge in [-0.15, -0.1) is 0 Å². The number of carbonyl (C=O) groups excluding carboxylic acids is 1. The number of aliphatic hydroxyl groups excluding tert-OH is 1. The summed E-state index contributed by atoms with van der Waals surface area (Å²) >= 11 is 0. The quantitative estimate of drug-likeness (QED) is 0.792. The summed E-state index contributed by atoms with van der Waals surface area (Å²) < 4.78 is 9.90. The van der Waals surface area contributed by atoms with Gasteiger partial charge in [0.05, 0.1) is 38.4 Å². The Morgan fingerprint density at radius 3 is 2.72 bits per heavy atom. The van der Waals surface area contributed by atoms with Crippen molar-refractivity contribution in [2.75, 3.05) is 13.7 Å². The van der Waals surface area contributed by atoms with Crippen molar-refractivity contribution in [1.82, 2.24) is 0 Å². The molecule has 96 valence electrons. The van der Waals surface area contributed by atoms with Gasteiger partial charge in [0.1, 0.15) is 5.75 Å². The number of benzene rings is 1. The predicted molar refractivity (Wildman–Crippen MR) is 64.0 cm³/mol. The van der Waals surface area contributed by atoms with E-state index >= 15 is 0 Å². The van der Waals surface area contributed by atoms with Crippen LogP contribution in [0.2, 0.25) is 0 Å². The molecular weight excluding hydrogens is 234 g/mol. The van der Waals surface area contributed by atoms with Crippen molar-refractivity contribution in [3.05, 3.63) is 28.8 Å². The van der Waals surface area contributed by atoms with Gasteiger partial charge in [0.25, 0.3) is 0 Å². The highest BCUT2D eigenvalue weighted by Gasteiger charge is 2.14. The van der Waals surface area contributed by atoms with Crippen LogP contribution in [0, 0.1) is 11.3 Å². The number of carbonyl (C=O) groups is 1. The third kappa shape index (κ3) is 3.22. The van der Waals surface area contributed by atoms with Gasteiger partial charge < -0.3 is 14.6 Å². The summed E-state index contributed by atoms with van der Waals surface area (Å²) in [4.78, 5) is 11.5. The second-order valence-corrected chi connectivity index (χ2v) is 3.56. The van der Waals surface area contributed by atoms with E-state index in [9.17, 15) is 9.90 Å². The first-order chi connectivity index (χ1) is 8.65. The van der Waals surface area contributed by atoms with E-state index in [0.717, 1.165) is 0 Å². The number of esters is 1. The molecule has 0 aliphatic carbocycles. The van der Waals surface area contributed by atoms with Crippen molar-refractivity contribution in [2.45, 2.75) is 20.0 Å². The molecule has 5 nitrogen and oxygen atoms in total. The van der Waals surface area contributed by atoms with Crippen LogP contribution in [-0.2, 0) is 22.6 Å². The molecule has 5 heteroatoms. The standard InChI is InChI=1S/C13H15NO4/c1-3-18-13(16)6-9-4-11(17-2)5-10(7-14)12(9)8-15/h4-5,15H,3,6,8H2,1-2H3. The van der Waals surface area contributed by atoms with E-state index in [1.165, 1.54) is 13.2 Å². The Hall–Kier alpha value is -2.06. The van der Waals surface area contributed by atoms with Crippen molar-refractivity contribution in [1.29, 1.82) is 5.26 Å². The first kappa shape index (κ1) is 14.0. The molecule has 0 radical (unpaired) electrons. The summed E-state index contributed by atoms with van der Waals surface area (Å²) in [5, 5.41) is 18.3. The molecule has 0 bridgehead atoms. The fourth-order valence-corrected chi connectivity index (χ4v) is 1.63. The lowest BCUT2D eigenvalue weighted by Gasteiger charge is -2.11. The van der Waals surface area contributed by atoms with E-state index in [4.69, 9.17) is 14.7 Å². The summed E-state index contributed by atoms with van der Waals surface area (Å²) in [7, 11) is 1.48. The first-order valence-electron chi connectivity index (χ1n) is 5.52. The molecule has 1 aromatic rings. The minimum absolute atomic E-state index is 0.00954. The third-order valence-corrected chi connectivity index (χ3v) is 2.47. The molecule has 18 heavy (non-hydrogen) atoms. The molecule has 0 fully saturated rings. The van der Waals surface area contributed by atoms with Crippen molar-refractivity contribution in [3.63, 3.8) is 0 Å². The fourth-order valence-electron chi connectivity index (χ4n) is 1.63. The Bertz CT molecular complexity index is 477. The van der Waals surface area contributed by atoms with Gasteiger partial charge in [0, 0.05) is 0 Å². The smallest absolute Gasteiger partial charge is 0.310 e. The molecule has 0 atom stereocenters. The number of rotatable bonds is 5. The van der Waals surface area contributed by atoms with Gasteiger partial charge in [0.2, 0.25) is 0 Å². The maximum absolute atomic E-state index is 11.5. The number of nitrogens with zero attached hydrogens (tertiary/aromatic N) is 1. The van der Waals surface area contributed by atoms with Gasteiger partial charge in [-0.1, -0.05) is 0 Å². The van der Waals surface area contributed by atoms with Crippen molar-refractivity contribution in [2.24, 2.45) is 0 Å². The zero-order chi connectivity index (χ0) is 13.5. The molecule has 0 aliphatic rings. The van der Waals surface area contributed by atoms with Crippen LogP contribution < -0.4 is 4.74 Å². The van der Waals surface area contributed by atoms with Gasteiger partial charge in [0.15, 0.2) is 0 Å². The van der Waals surface area contributed by atoms with Gasteiger partial charge in [-0.2, -0.15) is 5.26 Å². The van der Waals surface area contributed by atoms with Gasteiger partial charge in [-0.05, 0) is 30.2 Å². The summed E-state index contributed by atoms with van der Waals surface area (Å²) in [6.45, 7) is 1.71. The van der Waals surface area contributed by atoms with Crippen molar-refractivity contribution in [3.8, 4) is 11.8 Å². The zero-order valence-electron chi connectivity index (χ0n) is 10.4. The molecule has 0 amide bonds. The van der Waals surface area contributed by atoms with Crippen LogP contribution in [0.25, 0.3) is 0 Å². The third-order valence-electron chi connectivity index (χ3n) is 2.47. The van der Waals surface area contributed by atoms with Crippen molar-refractivity contribution < 1.29 is 19.4 Å². The first-order valence-corrected chi connectivity index (χ1v) is 5.52. The monoisotopic (exact) mass is 249 g/mol. The summed E-state index contributed by atoms with van der Waals surface area (Å²) in [5.74, 6) is 0.0763. The number of nitriles is 1. The lowest BCUT2D eigenvalue weighted by molar-refractivity contribution is -0.142. The molecule has 0 aliphatic heterocycles. The highest BCUT2D eigenvalue weighted by molar-refractivity contribution is 5.73. The highest BCUT2D eigenvalue weighted by Crippen LogP contribution is 2.23. The molecule has 0 aromatic heterocycles. The Morgan fingerprint density at radius 1 is 1.50 bits per heavy atom. The molecule has 0 spiro atoms. The number of hydrogen-bond donors (Lipinski definition) is 1. The number of ether oxygens (including phenoxy) is 2. The number of aliphatic hydroxyl groups is 1. The Morgan fingerprint density at radius 2 is 2.22 bits per heavy atom. The van der Waals surface area contributed by atoms with E-state index in [0.29, 0.717) is 29.0 Å². The summed E-state index contributed by atoms with van der Waals surface area (Å²) in [6.07, 6.45) is 0.00954. The van der Waals surface area contributed by atoms with E-state index in [1.807, 2.05) is 6.07 Å². The minimum Gasteiger partial charge on any atom is -0.497 e. The Labute approximate surface area is 106 Å². The Balaban J connectivity index is 3.15. The minimum atomic E-state index is -0.399. The van der Waals surface area contributed by atoms with Crippen LogP contribution >= 0.6 is 0 Å². The van der Waals surface area contributed by atoms with Crippen LogP contribution in [0.1, 0.15) is 23.6 Å². The van der Waals surface area contributed by atoms with E-state index in [1.54, 1.807) is 13.0 Å². The number of hydrogen-bond acceptors (Lipinski definition) is 5. The average molecular weight is 249 g/mol. The second kappa shape index (κ2) is 6.62. The summed E-state index contributed by atoms with van der Waals surface area (Å²) in [6, 6.07) is 5.13. The maximum Gasteiger partial charge on any atom is 0.310 e. The summed E-state index contributed by atoms with van der Waals surface area (Å²) in [5.41, 5.74) is 1.29. The van der Waals surface area contributed by atoms with E-state index in [2.05, 4.69) is 0 Å². The molecule has 0 saturated carbocycles. The van der Waals surface area contributed by atoms with Gasteiger partial charge in [-0.3, -0.25) is 4.79 Å². The predicted octanol–water partition coefficient (Wildman–Crippen LogP) is 1.16. The normalized spacial score (nSPS) is 9.67. The maximum atomic E-state index is 11.5. The number of methoxy groups -OCH3 is 1. The largest absolute Gasteiger partial charge is 0.497 e. The lowest BCUT2D eigenvalue weighted by Crippen LogP contribution is -2.10. The molecule has 1 rings (SSSR count). The van der Waals surface area contributed by atoms with E-state index < -0.39 is 5.97 Å². The van der Waals surface area contributed by atoms with Gasteiger partial charge in [-0.25, -0.2) is 0 Å². The molecular formula is C13H15NO4. The molecule has 0 saturated heterocycles. The highest BCUT2D eigenvalue weighted by atomic mass is 16.5. The lowest BCUT2D eigenvalue weighted by atomic mass is 9.99. The SMILES string of the molecule is CCOC(=O)Cc1cc(OC)cc(C#N)c1CO. The molecule has 1 N–H and O–H groups in total. The second-order valence-electron chi connectivity index (χ2n) is 3.56. The Kier molecular flexibility index (Phi) is 5.15. The molecule has 0 heterocycles. The zero-order valence-corrected chi connectivity index (χ0v) is 10.4. The van der Waals surface area contributed by atoms with Gasteiger partial charge >= 0.3 is 5.97 Å². The average Bonchev–Trinajstić information content (AvgIpc) is 2.37. The van der Waals surface area contributed by atoms with Crippen molar-refractivity contribution >= 4 is 5.97 Å². The van der Waals surface area contributed by atoms with Crippen LogP contribution in [0.3, 0.4) is 0 Å².